The van der Waals surface area contributed by atoms with Gasteiger partial charge in [0.2, 0.25) is 0 Å². The van der Waals surface area contributed by atoms with Gasteiger partial charge in [-0.15, -0.1) is 9.24 Å². The van der Waals surface area contributed by atoms with Crippen LogP contribution in [0.25, 0.3) is 16.3 Å². The van der Waals surface area contributed by atoms with E-state index in [4.69, 9.17) is 0 Å². The molecule has 0 aromatic heterocycles. The van der Waals surface area contributed by atoms with Crippen molar-refractivity contribution in [3.63, 3.8) is 0 Å². The molecule has 0 radical (unpaired) electrons. The minimum absolute atomic E-state index is 0.985. The molecule has 0 bridgehead atoms. The molecule has 1 aliphatic carbocycles. The molecule has 0 amide bonds. The Labute approximate surface area is 140 Å². The summed E-state index contributed by atoms with van der Waals surface area (Å²) in [4.78, 5) is 0. The molecular weight excluding hydrogens is 295 g/mol. The first kappa shape index (κ1) is 14.7. The van der Waals surface area contributed by atoms with Crippen molar-refractivity contribution in [2.45, 2.75) is 25.9 Å². The Morgan fingerprint density at radius 1 is 0.870 bits per heavy atom. The van der Waals surface area contributed by atoms with Crippen LogP contribution in [-0.2, 0) is 12.6 Å². The van der Waals surface area contributed by atoms with E-state index in [0.29, 0.717) is 0 Å². The van der Waals surface area contributed by atoms with E-state index in [9.17, 15) is 0 Å². The van der Waals surface area contributed by atoms with E-state index < -0.39 is 0 Å². The number of benzene rings is 3. The molecule has 0 nitrogen and oxygen atoms in total. The summed E-state index contributed by atoms with van der Waals surface area (Å²) >= 11 is 0. The standard InChI is InChI=1S/C22H21P/c1-15-10-11-16-6-2-4-8-19(16)21(15)22-18(14-23)13-12-17-7-3-5-9-20(17)22/h2-9,12-13H,10-11,14,23H2,1H3. The van der Waals surface area contributed by atoms with Gasteiger partial charge in [0.05, 0.1) is 0 Å². The quantitative estimate of drug-likeness (QED) is 0.510. The smallest absolute Gasteiger partial charge is 0.00643 e. The van der Waals surface area contributed by atoms with E-state index in [1.165, 1.54) is 44.2 Å². The third-order valence-corrected chi connectivity index (χ3v) is 5.41. The maximum Gasteiger partial charge on any atom is -0.00643 e. The highest BCUT2D eigenvalue weighted by atomic mass is 31.0. The third-order valence-electron chi connectivity index (χ3n) is 4.97. The zero-order chi connectivity index (χ0) is 15.8. The zero-order valence-electron chi connectivity index (χ0n) is 13.5. The molecule has 3 aromatic carbocycles. The topological polar surface area (TPSA) is 0 Å². The number of rotatable bonds is 2. The summed E-state index contributed by atoms with van der Waals surface area (Å²) in [6.45, 7) is 2.31. The van der Waals surface area contributed by atoms with Gasteiger partial charge in [-0.25, -0.2) is 0 Å². The van der Waals surface area contributed by atoms with Gasteiger partial charge in [-0.3, -0.25) is 0 Å². The minimum Gasteiger partial charge on any atom is -0.133 e. The summed E-state index contributed by atoms with van der Waals surface area (Å²) in [6, 6.07) is 22.2. The second kappa shape index (κ2) is 5.95. The maximum absolute atomic E-state index is 2.90. The van der Waals surface area contributed by atoms with E-state index in [-0.39, 0.29) is 0 Å². The van der Waals surface area contributed by atoms with Crippen LogP contribution in [0.2, 0.25) is 0 Å². The molecule has 0 heterocycles. The first-order valence-corrected chi connectivity index (χ1v) is 9.10. The van der Waals surface area contributed by atoms with Crippen molar-refractivity contribution < 1.29 is 0 Å². The molecule has 0 saturated carbocycles. The monoisotopic (exact) mass is 316 g/mol. The largest absolute Gasteiger partial charge is 0.133 e. The highest BCUT2D eigenvalue weighted by molar-refractivity contribution is 7.15. The first-order valence-electron chi connectivity index (χ1n) is 8.28. The van der Waals surface area contributed by atoms with Crippen LogP contribution in [0, 0.1) is 0 Å². The summed E-state index contributed by atoms with van der Waals surface area (Å²) in [6.07, 6.45) is 3.30. The molecule has 3 aromatic rings. The Morgan fingerprint density at radius 3 is 2.52 bits per heavy atom. The van der Waals surface area contributed by atoms with Gasteiger partial charge in [-0.1, -0.05) is 66.2 Å². The van der Waals surface area contributed by atoms with E-state index in [2.05, 4.69) is 76.8 Å². The predicted molar refractivity (Wildman–Crippen MR) is 104 cm³/mol. The van der Waals surface area contributed by atoms with Gasteiger partial charge in [-0.2, -0.15) is 0 Å². The molecule has 1 atom stereocenters. The first-order chi connectivity index (χ1) is 11.3. The van der Waals surface area contributed by atoms with Crippen LogP contribution in [0.5, 0.6) is 0 Å². The predicted octanol–water partition coefficient (Wildman–Crippen LogP) is 5.98. The Kier molecular flexibility index (Phi) is 3.79. The van der Waals surface area contributed by atoms with E-state index in [0.717, 1.165) is 19.0 Å². The fourth-order valence-corrected chi connectivity index (χ4v) is 4.13. The fourth-order valence-electron chi connectivity index (χ4n) is 3.79. The van der Waals surface area contributed by atoms with Crippen molar-refractivity contribution in [1.29, 1.82) is 0 Å². The number of fused-ring (bicyclic) bond motifs is 2. The Bertz CT molecular complexity index is 918. The lowest BCUT2D eigenvalue weighted by Gasteiger charge is -2.25. The van der Waals surface area contributed by atoms with Crippen molar-refractivity contribution >= 4 is 25.6 Å². The average molecular weight is 316 g/mol. The maximum atomic E-state index is 2.90. The molecule has 1 heteroatoms. The summed E-state index contributed by atoms with van der Waals surface area (Å²) < 4.78 is 0. The average Bonchev–Trinajstić information content (AvgIpc) is 2.61. The Morgan fingerprint density at radius 2 is 1.65 bits per heavy atom. The van der Waals surface area contributed by atoms with Crippen molar-refractivity contribution in [3.05, 3.63) is 88.5 Å². The van der Waals surface area contributed by atoms with Gasteiger partial charge >= 0.3 is 0 Å². The molecule has 1 aliphatic rings. The molecule has 0 aliphatic heterocycles. The van der Waals surface area contributed by atoms with Crippen molar-refractivity contribution in [2.24, 2.45) is 0 Å². The van der Waals surface area contributed by atoms with Crippen LogP contribution in [0.15, 0.2) is 66.2 Å². The van der Waals surface area contributed by atoms with E-state index in [1.54, 1.807) is 0 Å². The van der Waals surface area contributed by atoms with E-state index in [1.807, 2.05) is 0 Å². The SMILES string of the molecule is CC1=C(c2c(CP)ccc3ccccc23)c2ccccc2CC1. The molecule has 0 fully saturated rings. The van der Waals surface area contributed by atoms with Gasteiger partial charge in [0, 0.05) is 0 Å². The second-order valence-corrected chi connectivity index (χ2v) is 6.75. The van der Waals surface area contributed by atoms with Gasteiger partial charge in [-0.05, 0) is 64.5 Å². The minimum atomic E-state index is 0.985. The van der Waals surface area contributed by atoms with Crippen LogP contribution in [0.3, 0.4) is 0 Å². The van der Waals surface area contributed by atoms with Crippen molar-refractivity contribution in [2.75, 3.05) is 0 Å². The number of hydrogen-bond donors (Lipinski definition) is 0. The number of allylic oxidation sites excluding steroid dienone is 1. The Hall–Kier alpha value is -1.91. The lowest BCUT2D eigenvalue weighted by molar-refractivity contribution is 0.918. The van der Waals surface area contributed by atoms with Crippen LogP contribution >= 0.6 is 9.24 Å². The normalized spacial score (nSPS) is 14.2. The number of hydrogen-bond acceptors (Lipinski definition) is 0. The fraction of sp³-hybridized carbons (Fsp3) is 0.182. The molecule has 114 valence electrons. The highest BCUT2D eigenvalue weighted by Crippen LogP contribution is 2.40. The molecular formula is C22H21P. The third kappa shape index (κ3) is 2.42. The summed E-state index contributed by atoms with van der Waals surface area (Å²) in [5.74, 6) is 0. The van der Waals surface area contributed by atoms with Gasteiger partial charge in [0.25, 0.3) is 0 Å². The van der Waals surface area contributed by atoms with Crippen LogP contribution in [-0.4, -0.2) is 0 Å². The lowest BCUT2D eigenvalue weighted by atomic mass is 9.80. The molecule has 1 unspecified atom stereocenters. The van der Waals surface area contributed by atoms with Crippen LogP contribution in [0.4, 0.5) is 0 Å². The molecule has 4 rings (SSSR count). The van der Waals surface area contributed by atoms with Gasteiger partial charge in [0.15, 0.2) is 0 Å². The van der Waals surface area contributed by atoms with Crippen LogP contribution < -0.4 is 0 Å². The van der Waals surface area contributed by atoms with Crippen molar-refractivity contribution in [3.8, 4) is 0 Å². The molecule has 0 N–H and O–H groups in total. The summed E-state index contributed by atoms with van der Waals surface area (Å²) in [5, 5.41) is 2.70. The highest BCUT2D eigenvalue weighted by Gasteiger charge is 2.21. The summed E-state index contributed by atoms with van der Waals surface area (Å²) in [7, 11) is 2.90. The van der Waals surface area contributed by atoms with E-state index >= 15 is 0 Å². The number of aryl methyl sites for hydroxylation is 1. The molecule has 0 spiro atoms. The second-order valence-electron chi connectivity index (χ2n) is 6.34. The van der Waals surface area contributed by atoms with Gasteiger partial charge in [0.1, 0.15) is 0 Å². The van der Waals surface area contributed by atoms with Crippen LogP contribution in [0.1, 0.15) is 35.6 Å². The zero-order valence-corrected chi connectivity index (χ0v) is 14.6. The molecule has 23 heavy (non-hydrogen) atoms. The summed E-state index contributed by atoms with van der Waals surface area (Å²) in [5.41, 5.74) is 8.73. The Balaban J connectivity index is 2.09. The molecule has 0 saturated heterocycles. The van der Waals surface area contributed by atoms with Gasteiger partial charge < -0.3 is 0 Å². The van der Waals surface area contributed by atoms with Crippen molar-refractivity contribution in [1.82, 2.24) is 0 Å². The lowest BCUT2D eigenvalue weighted by Crippen LogP contribution is -2.06.